The molecule has 0 aliphatic carbocycles. The van der Waals surface area contributed by atoms with Crippen LogP contribution in [0.2, 0.25) is 0 Å². The number of aromatic nitrogens is 2. The van der Waals surface area contributed by atoms with Crippen LogP contribution in [0.5, 0.6) is 11.5 Å². The van der Waals surface area contributed by atoms with Gasteiger partial charge in [-0.05, 0) is 144 Å². The molecule has 0 spiro atoms. The number of nitrogens with zero attached hydrogens (tertiary/aromatic N) is 4. The van der Waals surface area contributed by atoms with E-state index in [1.807, 2.05) is 36.5 Å². The van der Waals surface area contributed by atoms with Crippen molar-refractivity contribution in [3.63, 3.8) is 0 Å². The van der Waals surface area contributed by atoms with Gasteiger partial charge in [-0.1, -0.05) is 176 Å². The largest absolute Gasteiger partial charge is 0.509 e. The molecule has 0 saturated heterocycles. The van der Waals surface area contributed by atoms with Crippen LogP contribution in [0.3, 0.4) is 0 Å². The molecule has 0 unspecified atom stereocenters. The molecular formula is C74H73F2N4OPt-3. The van der Waals surface area contributed by atoms with Crippen LogP contribution in [0.1, 0.15) is 132 Å². The monoisotopic (exact) mass is 1270 g/mol. The maximum absolute atomic E-state index is 14.8. The zero-order valence-corrected chi connectivity index (χ0v) is 52.2. The quantitative estimate of drug-likeness (QED) is 0.142. The average Bonchev–Trinajstić information content (AvgIpc) is 3.71. The summed E-state index contributed by atoms with van der Waals surface area (Å²) in [4.78, 5) is 9.37. The molecule has 8 aromatic carbocycles. The topological polar surface area (TPSA) is 33.5 Å². The second kappa shape index (κ2) is 21.1. The molecule has 0 fully saturated rings. The van der Waals surface area contributed by atoms with Crippen LogP contribution >= 0.6 is 0 Å². The maximum Gasteiger partial charge on any atom is 0.135 e. The fourth-order valence-electron chi connectivity index (χ4n) is 11.2. The summed E-state index contributed by atoms with van der Waals surface area (Å²) >= 11 is 0. The first-order valence-corrected chi connectivity index (χ1v) is 28.2. The Hall–Kier alpha value is -7.34. The number of ether oxygens (including phenoxy) is 1. The fraction of sp³-hybridized carbons (Fsp3) is 0.270. The summed E-state index contributed by atoms with van der Waals surface area (Å²) in [5.74, 6) is 1.23. The molecule has 1 aliphatic heterocycles. The van der Waals surface area contributed by atoms with Gasteiger partial charge in [0.25, 0.3) is 0 Å². The molecule has 0 radical (unpaired) electrons. The molecule has 2 aromatic heterocycles. The van der Waals surface area contributed by atoms with Crippen molar-refractivity contribution in [3.05, 3.63) is 222 Å². The van der Waals surface area contributed by atoms with Gasteiger partial charge < -0.3 is 19.1 Å². The number of halogens is 2. The summed E-state index contributed by atoms with van der Waals surface area (Å²) in [5, 5.41) is 2.14. The Morgan fingerprint density at radius 2 is 0.988 bits per heavy atom. The molecule has 0 bridgehead atoms. The summed E-state index contributed by atoms with van der Waals surface area (Å²) in [7, 11) is 0. The molecule has 0 amide bonds. The summed E-state index contributed by atoms with van der Waals surface area (Å²) in [6.45, 7) is 36.1. The molecule has 11 rings (SSSR count). The SMILES string of the molecule is CC(C)(C)c1ccnc(-n2c3[c-]c(Oc4[c-]c(N5[CH-]N(c6c(-c7ccc(F)cc7)cc(C(C)(C)C)cc6-c6ccc(F)cc6)c6ccccc65)cc(-c5c(C(C)(C)C)cc(C(C)(C)C)cc5C(C)(C)C)c4)ccc3c3ccccc32)c1.[Pt]. The molecule has 0 atom stereocenters. The molecule has 0 saturated carbocycles. The second-order valence-electron chi connectivity index (χ2n) is 27.0. The normalized spacial score (nSPS) is 13.2. The predicted octanol–water partition coefficient (Wildman–Crippen LogP) is 20.7. The first kappa shape index (κ1) is 57.9. The Labute approximate surface area is 499 Å². The van der Waals surface area contributed by atoms with Gasteiger partial charge in [0, 0.05) is 72.5 Å². The number of hydrogen-bond donors (Lipinski definition) is 0. The van der Waals surface area contributed by atoms with E-state index < -0.39 is 0 Å². The van der Waals surface area contributed by atoms with Gasteiger partial charge in [-0.15, -0.1) is 53.6 Å². The summed E-state index contributed by atoms with van der Waals surface area (Å²) in [5.41, 5.74) is 16.1. The molecule has 422 valence electrons. The number of hydrogen-bond acceptors (Lipinski definition) is 4. The molecule has 1 aliphatic rings. The van der Waals surface area contributed by atoms with Crippen LogP contribution in [0.4, 0.5) is 31.5 Å². The van der Waals surface area contributed by atoms with Crippen LogP contribution < -0.4 is 14.5 Å². The zero-order valence-electron chi connectivity index (χ0n) is 49.9. The molecule has 10 aromatic rings. The van der Waals surface area contributed by atoms with Crippen molar-refractivity contribution in [3.8, 4) is 50.7 Å². The van der Waals surface area contributed by atoms with Crippen LogP contribution in [0.25, 0.3) is 61.0 Å². The van der Waals surface area contributed by atoms with E-state index in [4.69, 9.17) is 9.72 Å². The van der Waals surface area contributed by atoms with Crippen molar-refractivity contribution in [1.82, 2.24) is 9.55 Å². The Morgan fingerprint density at radius 1 is 0.463 bits per heavy atom. The van der Waals surface area contributed by atoms with Crippen molar-refractivity contribution in [2.24, 2.45) is 0 Å². The van der Waals surface area contributed by atoms with E-state index >= 15 is 0 Å². The summed E-state index contributed by atoms with van der Waals surface area (Å²) in [6.07, 6.45) is 1.90. The van der Waals surface area contributed by atoms with Gasteiger partial charge in [0.1, 0.15) is 17.5 Å². The van der Waals surface area contributed by atoms with E-state index in [0.29, 0.717) is 11.5 Å². The number of fused-ring (bicyclic) bond motifs is 4. The number of para-hydroxylation sites is 3. The van der Waals surface area contributed by atoms with Gasteiger partial charge >= 0.3 is 0 Å². The minimum Gasteiger partial charge on any atom is -0.509 e. The van der Waals surface area contributed by atoms with E-state index in [-0.39, 0.29) is 59.8 Å². The standard InChI is InChI=1S/C74H73F2N4O.Pt/c1-70(2,3)49-34-35-77-67(42-49)80-63-21-17-16-20-57(63)58-33-32-55(44-66(58)80)81-56-37-48(68-61(73(10,11)12)40-51(72(7,8)9)41-62(68)74(13,14)15)36-54(43-56)78-45-79(65-23-19-18-22-64(65)78)69-59(46-24-28-52(75)29-25-46)38-50(71(4,5)6)39-60(69)47-26-30-53(76)31-27-47;/h16-42,45H,1-15H3;/q-3;. The van der Waals surface area contributed by atoms with Crippen molar-refractivity contribution in [2.75, 3.05) is 9.80 Å². The second-order valence-corrected chi connectivity index (χ2v) is 27.0. The number of pyridine rings is 1. The van der Waals surface area contributed by atoms with E-state index in [9.17, 15) is 8.78 Å². The minimum absolute atomic E-state index is 0. The summed E-state index contributed by atoms with van der Waals surface area (Å²) < 4.78 is 39.1. The van der Waals surface area contributed by atoms with Crippen LogP contribution in [-0.4, -0.2) is 9.55 Å². The van der Waals surface area contributed by atoms with Gasteiger partial charge in [0.05, 0.1) is 0 Å². The molecular weight excluding hydrogens is 1190 g/mol. The fourth-order valence-corrected chi connectivity index (χ4v) is 11.2. The van der Waals surface area contributed by atoms with Crippen LogP contribution in [0.15, 0.2) is 164 Å². The Morgan fingerprint density at radius 3 is 1.54 bits per heavy atom. The average molecular weight is 1270 g/mol. The van der Waals surface area contributed by atoms with Gasteiger partial charge in [-0.25, -0.2) is 13.8 Å². The smallest absolute Gasteiger partial charge is 0.135 e. The van der Waals surface area contributed by atoms with E-state index in [2.05, 4.69) is 240 Å². The zero-order chi connectivity index (χ0) is 57.7. The third-order valence-corrected chi connectivity index (χ3v) is 15.8. The molecule has 5 nitrogen and oxygen atoms in total. The third kappa shape index (κ3) is 11.1. The van der Waals surface area contributed by atoms with Crippen molar-refractivity contribution in [1.29, 1.82) is 0 Å². The van der Waals surface area contributed by atoms with Crippen LogP contribution in [-0.2, 0) is 48.1 Å². The van der Waals surface area contributed by atoms with Gasteiger partial charge in [-0.2, -0.15) is 6.07 Å². The molecule has 0 N–H and O–H groups in total. The summed E-state index contributed by atoms with van der Waals surface area (Å²) in [6, 6.07) is 59.9. The first-order valence-electron chi connectivity index (χ1n) is 28.2. The third-order valence-electron chi connectivity index (χ3n) is 15.8. The van der Waals surface area contributed by atoms with Crippen molar-refractivity contribution in [2.45, 2.75) is 131 Å². The molecule has 8 heteroatoms. The molecule has 82 heavy (non-hydrogen) atoms. The predicted molar refractivity (Wildman–Crippen MR) is 334 cm³/mol. The van der Waals surface area contributed by atoms with Gasteiger partial charge in [0.15, 0.2) is 0 Å². The number of rotatable bonds is 8. The van der Waals surface area contributed by atoms with Crippen molar-refractivity contribution >= 4 is 44.6 Å². The first-order chi connectivity index (χ1) is 38.1. The Balaban J connectivity index is 0.00000753. The molecule has 3 heterocycles. The van der Waals surface area contributed by atoms with Crippen LogP contribution in [0, 0.1) is 30.4 Å². The minimum atomic E-state index is -0.316. The Bertz CT molecular complexity index is 3950. The van der Waals surface area contributed by atoms with E-state index in [0.717, 1.165) is 89.3 Å². The van der Waals surface area contributed by atoms with E-state index in [1.54, 1.807) is 0 Å². The van der Waals surface area contributed by atoms with Crippen molar-refractivity contribution < 1.29 is 34.6 Å². The van der Waals surface area contributed by atoms with Gasteiger partial charge in [0.2, 0.25) is 0 Å². The maximum atomic E-state index is 14.8. The van der Waals surface area contributed by atoms with Gasteiger partial charge in [-0.3, -0.25) is 0 Å². The number of benzene rings is 8. The number of anilines is 4. The van der Waals surface area contributed by atoms with E-state index in [1.165, 1.54) is 46.5 Å². The Kier molecular flexibility index (Phi) is 14.9.